The van der Waals surface area contributed by atoms with Crippen molar-refractivity contribution in [1.29, 1.82) is 0 Å². The van der Waals surface area contributed by atoms with E-state index in [1.54, 1.807) is 0 Å². The lowest BCUT2D eigenvalue weighted by Crippen LogP contribution is -2.05. The molecule has 4 nitrogen and oxygen atoms in total. The molecule has 0 spiro atoms. The molecule has 0 fully saturated rings. The van der Waals surface area contributed by atoms with Crippen LogP contribution in [0.1, 0.15) is 169 Å². The molecule has 0 aromatic heterocycles. The van der Waals surface area contributed by atoms with Gasteiger partial charge in [0.05, 0.1) is 13.2 Å². The van der Waals surface area contributed by atoms with E-state index < -0.39 is 0 Å². The molecule has 0 aliphatic rings. The number of esters is 2. The zero-order valence-electron chi connectivity index (χ0n) is 23.6. The molecule has 34 heavy (non-hydrogen) atoms. The van der Waals surface area contributed by atoms with Crippen molar-refractivity contribution >= 4 is 11.9 Å². The molecule has 0 bridgehead atoms. The monoisotopic (exact) mass is 484 g/mol. The third-order valence-corrected chi connectivity index (χ3v) is 5.99. The van der Waals surface area contributed by atoms with Crippen molar-refractivity contribution in [2.24, 2.45) is 0 Å². The van der Waals surface area contributed by atoms with Gasteiger partial charge < -0.3 is 9.47 Å². The maximum absolute atomic E-state index is 11.3. The van der Waals surface area contributed by atoms with E-state index in [4.69, 9.17) is 9.47 Å². The van der Waals surface area contributed by atoms with E-state index in [2.05, 4.69) is 27.7 Å². The maximum Gasteiger partial charge on any atom is 0.305 e. The van der Waals surface area contributed by atoms with Gasteiger partial charge in [-0.3, -0.25) is 9.59 Å². The largest absolute Gasteiger partial charge is 0.466 e. The highest BCUT2D eigenvalue weighted by molar-refractivity contribution is 5.69. The highest BCUT2D eigenvalue weighted by Crippen LogP contribution is 2.08. The van der Waals surface area contributed by atoms with Crippen LogP contribution in [0.3, 0.4) is 0 Å². The summed E-state index contributed by atoms with van der Waals surface area (Å²) in [6, 6.07) is 0. The van der Waals surface area contributed by atoms with E-state index in [-0.39, 0.29) is 11.9 Å². The van der Waals surface area contributed by atoms with Gasteiger partial charge in [0.2, 0.25) is 0 Å². The van der Waals surface area contributed by atoms with Gasteiger partial charge in [-0.1, -0.05) is 130 Å². The van der Waals surface area contributed by atoms with Gasteiger partial charge in [0.1, 0.15) is 0 Å². The minimum Gasteiger partial charge on any atom is -0.466 e. The third kappa shape index (κ3) is 33.1. The van der Waals surface area contributed by atoms with Crippen LogP contribution in [0.15, 0.2) is 0 Å². The van der Waals surface area contributed by atoms with Gasteiger partial charge in [0, 0.05) is 12.8 Å². The van der Waals surface area contributed by atoms with Gasteiger partial charge in [-0.15, -0.1) is 0 Å². The smallest absolute Gasteiger partial charge is 0.305 e. The van der Waals surface area contributed by atoms with E-state index in [0.29, 0.717) is 26.1 Å². The molecule has 0 unspecified atom stereocenters. The number of carbonyl (C=O) groups excluding carboxylic acids is 2. The molecular formula is C30H60O4. The van der Waals surface area contributed by atoms with Crippen molar-refractivity contribution in [2.45, 2.75) is 169 Å². The van der Waals surface area contributed by atoms with E-state index in [9.17, 15) is 9.59 Å². The second-order valence-electron chi connectivity index (χ2n) is 9.60. The molecule has 0 saturated carbocycles. The number of ether oxygens (including phenoxy) is 2. The Labute approximate surface area is 213 Å². The van der Waals surface area contributed by atoms with Crippen LogP contribution < -0.4 is 0 Å². The average molecular weight is 485 g/mol. The fourth-order valence-corrected chi connectivity index (χ4v) is 3.67. The summed E-state index contributed by atoms with van der Waals surface area (Å²) < 4.78 is 10.4. The second-order valence-corrected chi connectivity index (χ2v) is 9.60. The van der Waals surface area contributed by atoms with Gasteiger partial charge in [0.25, 0.3) is 0 Å². The van der Waals surface area contributed by atoms with Crippen molar-refractivity contribution in [3.8, 4) is 0 Å². The summed E-state index contributed by atoms with van der Waals surface area (Å²) in [6.45, 7) is 10.0. The molecule has 0 N–H and O–H groups in total. The second kappa shape index (κ2) is 31.9. The van der Waals surface area contributed by atoms with Crippen molar-refractivity contribution in [3.05, 3.63) is 0 Å². The zero-order valence-corrected chi connectivity index (χ0v) is 23.6. The molecule has 0 atom stereocenters. The van der Waals surface area contributed by atoms with Gasteiger partial charge in [-0.05, 0) is 25.7 Å². The Kier molecular flexibility index (Phi) is 33.0. The SMILES string of the molecule is CCCCCCCCOC(=O)CCCCCC.CCCCCCCCOC(=O)CCCCCC. The van der Waals surface area contributed by atoms with Crippen molar-refractivity contribution in [3.63, 3.8) is 0 Å². The minimum absolute atomic E-state index is 0.00494. The van der Waals surface area contributed by atoms with Gasteiger partial charge in [0.15, 0.2) is 0 Å². The first-order valence-corrected chi connectivity index (χ1v) is 14.9. The summed E-state index contributed by atoms with van der Waals surface area (Å²) in [7, 11) is 0. The molecule has 0 aromatic rings. The van der Waals surface area contributed by atoms with Gasteiger partial charge >= 0.3 is 11.9 Å². The lowest BCUT2D eigenvalue weighted by Gasteiger charge is -2.04. The van der Waals surface area contributed by atoms with Crippen molar-refractivity contribution < 1.29 is 19.1 Å². The molecule has 0 rings (SSSR count). The topological polar surface area (TPSA) is 52.6 Å². The van der Waals surface area contributed by atoms with E-state index in [1.807, 2.05) is 0 Å². The standard InChI is InChI=1S/2C15H30O2/c2*1-3-5-7-9-10-12-14-17-15(16)13-11-8-6-4-2/h2*3-14H2,1-2H3. The Morgan fingerprint density at radius 1 is 0.382 bits per heavy atom. The van der Waals surface area contributed by atoms with E-state index in [0.717, 1.165) is 38.5 Å². The maximum atomic E-state index is 11.3. The number of hydrogen-bond donors (Lipinski definition) is 0. The number of hydrogen-bond acceptors (Lipinski definition) is 4. The molecule has 4 heteroatoms. The first-order valence-electron chi connectivity index (χ1n) is 14.9. The van der Waals surface area contributed by atoms with Crippen LogP contribution in [0.5, 0.6) is 0 Å². The molecule has 0 aliphatic carbocycles. The van der Waals surface area contributed by atoms with Crippen LogP contribution in [0.2, 0.25) is 0 Å². The van der Waals surface area contributed by atoms with Crippen LogP contribution in [0.4, 0.5) is 0 Å². The zero-order chi connectivity index (χ0) is 25.5. The number of unbranched alkanes of at least 4 members (excludes halogenated alkanes) is 16. The highest BCUT2D eigenvalue weighted by atomic mass is 16.5. The molecule has 0 amide bonds. The molecule has 0 radical (unpaired) electrons. The first-order chi connectivity index (χ1) is 16.6. The molecule has 204 valence electrons. The Morgan fingerprint density at radius 2 is 0.647 bits per heavy atom. The van der Waals surface area contributed by atoms with Gasteiger partial charge in [-0.2, -0.15) is 0 Å². The summed E-state index contributed by atoms with van der Waals surface area (Å²) in [5, 5.41) is 0. The molecule has 0 aliphatic heterocycles. The predicted octanol–water partition coefficient (Wildman–Crippen LogP) is 9.72. The summed E-state index contributed by atoms with van der Waals surface area (Å²) in [5.41, 5.74) is 0. The normalized spacial score (nSPS) is 10.5. The van der Waals surface area contributed by atoms with E-state index in [1.165, 1.54) is 89.9 Å². The minimum atomic E-state index is -0.00494. The lowest BCUT2D eigenvalue weighted by molar-refractivity contribution is -0.144. The quantitative estimate of drug-likeness (QED) is 0.101. The van der Waals surface area contributed by atoms with Crippen LogP contribution in [-0.4, -0.2) is 25.2 Å². The Bertz CT molecular complexity index is 371. The highest BCUT2D eigenvalue weighted by Gasteiger charge is 2.02. The van der Waals surface area contributed by atoms with Crippen LogP contribution >= 0.6 is 0 Å². The molecule has 0 aromatic carbocycles. The summed E-state index contributed by atoms with van der Waals surface area (Å²) in [4.78, 5) is 22.6. The Balaban J connectivity index is 0. The van der Waals surface area contributed by atoms with Crippen LogP contribution in [0.25, 0.3) is 0 Å². The van der Waals surface area contributed by atoms with Gasteiger partial charge in [-0.25, -0.2) is 0 Å². The lowest BCUT2D eigenvalue weighted by atomic mass is 10.1. The Hall–Kier alpha value is -1.06. The molecule has 0 saturated heterocycles. The average Bonchev–Trinajstić information content (AvgIpc) is 2.84. The fraction of sp³-hybridized carbons (Fsp3) is 0.933. The van der Waals surface area contributed by atoms with Crippen molar-refractivity contribution in [1.82, 2.24) is 0 Å². The first kappa shape index (κ1) is 35.1. The fourth-order valence-electron chi connectivity index (χ4n) is 3.67. The van der Waals surface area contributed by atoms with Crippen molar-refractivity contribution in [2.75, 3.05) is 13.2 Å². The summed E-state index contributed by atoms with van der Waals surface area (Å²) in [5.74, 6) is -0.00989. The Morgan fingerprint density at radius 3 is 0.971 bits per heavy atom. The molecular weight excluding hydrogens is 424 g/mol. The number of carbonyl (C=O) groups is 2. The third-order valence-electron chi connectivity index (χ3n) is 5.99. The van der Waals surface area contributed by atoms with E-state index >= 15 is 0 Å². The van der Waals surface area contributed by atoms with Crippen LogP contribution in [-0.2, 0) is 19.1 Å². The molecule has 0 heterocycles. The number of rotatable bonds is 24. The van der Waals surface area contributed by atoms with Crippen LogP contribution in [0, 0.1) is 0 Å². The summed E-state index contributed by atoms with van der Waals surface area (Å²) in [6.07, 6.45) is 25.3. The predicted molar refractivity (Wildman–Crippen MR) is 146 cm³/mol. The summed E-state index contributed by atoms with van der Waals surface area (Å²) >= 11 is 0.